The van der Waals surface area contributed by atoms with Gasteiger partial charge >= 0.3 is 0 Å². The summed E-state index contributed by atoms with van der Waals surface area (Å²) in [5.41, 5.74) is 0. The molecular weight excluding hydrogens is 254 g/mol. The van der Waals surface area contributed by atoms with E-state index in [9.17, 15) is 0 Å². The third-order valence-electron chi connectivity index (χ3n) is 7.55. The minimum absolute atomic E-state index is 0.870. The van der Waals surface area contributed by atoms with Gasteiger partial charge < -0.3 is 5.32 Å². The molecule has 1 heteroatoms. The van der Waals surface area contributed by atoms with Crippen molar-refractivity contribution in [3.05, 3.63) is 0 Å². The number of fused-ring (bicyclic) bond motifs is 2. The van der Waals surface area contributed by atoms with E-state index >= 15 is 0 Å². The van der Waals surface area contributed by atoms with Crippen LogP contribution in [-0.4, -0.2) is 12.1 Å². The predicted octanol–water partition coefficient (Wildman–Crippen LogP) is 5.29. The molecule has 4 rings (SSSR count). The number of hydrogen-bond acceptors (Lipinski definition) is 1. The van der Waals surface area contributed by atoms with Crippen molar-refractivity contribution >= 4 is 0 Å². The van der Waals surface area contributed by atoms with Crippen molar-refractivity contribution in [2.45, 2.75) is 102 Å². The summed E-state index contributed by atoms with van der Waals surface area (Å²) in [6.07, 6.45) is 21.3. The van der Waals surface area contributed by atoms with Crippen LogP contribution in [0.25, 0.3) is 0 Å². The van der Waals surface area contributed by atoms with Gasteiger partial charge in [0.2, 0.25) is 0 Å². The van der Waals surface area contributed by atoms with Crippen molar-refractivity contribution in [3.63, 3.8) is 0 Å². The molecule has 0 amide bonds. The maximum atomic E-state index is 4.12. The average Bonchev–Trinajstić information content (AvgIpc) is 2.55. The average molecular weight is 290 g/mol. The molecule has 4 fully saturated rings. The summed E-state index contributed by atoms with van der Waals surface area (Å²) in [6.45, 7) is 0. The summed E-state index contributed by atoms with van der Waals surface area (Å²) in [5, 5.41) is 4.12. The van der Waals surface area contributed by atoms with Crippen LogP contribution in [0.5, 0.6) is 0 Å². The molecular formula is C20H35N. The first kappa shape index (κ1) is 14.5. The Labute approximate surface area is 131 Å². The molecule has 1 nitrogen and oxygen atoms in total. The van der Waals surface area contributed by atoms with Gasteiger partial charge in [-0.3, -0.25) is 0 Å². The molecule has 0 spiro atoms. The van der Waals surface area contributed by atoms with Crippen molar-refractivity contribution in [1.82, 2.24) is 5.32 Å². The van der Waals surface area contributed by atoms with E-state index in [0.29, 0.717) is 0 Å². The highest BCUT2D eigenvalue weighted by Gasteiger charge is 2.36. The summed E-state index contributed by atoms with van der Waals surface area (Å²) in [4.78, 5) is 0. The molecule has 0 bridgehead atoms. The Morgan fingerprint density at radius 1 is 0.429 bits per heavy atom. The molecule has 0 aliphatic heterocycles. The predicted molar refractivity (Wildman–Crippen MR) is 89.3 cm³/mol. The van der Waals surface area contributed by atoms with Crippen molar-refractivity contribution in [2.24, 2.45) is 23.7 Å². The summed E-state index contributed by atoms with van der Waals surface area (Å²) in [7, 11) is 0. The normalized spacial score (nSPS) is 47.4. The van der Waals surface area contributed by atoms with E-state index < -0.39 is 0 Å². The van der Waals surface area contributed by atoms with Gasteiger partial charge in [0.15, 0.2) is 0 Å². The van der Waals surface area contributed by atoms with Gasteiger partial charge in [0.05, 0.1) is 0 Å². The van der Waals surface area contributed by atoms with E-state index in [0.717, 1.165) is 35.8 Å². The molecule has 21 heavy (non-hydrogen) atoms. The van der Waals surface area contributed by atoms with Gasteiger partial charge in [-0.2, -0.15) is 0 Å². The van der Waals surface area contributed by atoms with E-state index in [1.54, 1.807) is 12.8 Å². The molecule has 6 atom stereocenters. The molecule has 0 aromatic heterocycles. The minimum Gasteiger partial charge on any atom is -0.311 e. The van der Waals surface area contributed by atoms with Crippen LogP contribution < -0.4 is 5.32 Å². The minimum atomic E-state index is 0.870. The van der Waals surface area contributed by atoms with Crippen LogP contribution >= 0.6 is 0 Å². The lowest BCUT2D eigenvalue weighted by Gasteiger charge is -2.44. The number of hydrogen-bond donors (Lipinski definition) is 1. The molecule has 0 saturated heterocycles. The summed E-state index contributed by atoms with van der Waals surface area (Å²) in [5.74, 6) is 4.36. The van der Waals surface area contributed by atoms with Crippen molar-refractivity contribution < 1.29 is 0 Å². The van der Waals surface area contributed by atoms with Gasteiger partial charge in [0, 0.05) is 12.1 Å². The second-order valence-corrected chi connectivity index (χ2v) is 8.80. The van der Waals surface area contributed by atoms with Crippen LogP contribution in [0.2, 0.25) is 0 Å². The zero-order chi connectivity index (χ0) is 14.1. The zero-order valence-corrected chi connectivity index (χ0v) is 13.9. The van der Waals surface area contributed by atoms with Crippen LogP contribution in [0.3, 0.4) is 0 Å². The molecule has 4 aliphatic carbocycles. The molecule has 1 N–H and O–H groups in total. The van der Waals surface area contributed by atoms with Crippen LogP contribution in [0.15, 0.2) is 0 Å². The van der Waals surface area contributed by atoms with Gasteiger partial charge in [-0.15, -0.1) is 0 Å². The number of nitrogens with one attached hydrogen (secondary N) is 1. The topological polar surface area (TPSA) is 12.0 Å². The van der Waals surface area contributed by atoms with Crippen molar-refractivity contribution in [1.29, 1.82) is 0 Å². The highest BCUT2D eigenvalue weighted by Crippen LogP contribution is 2.43. The Balaban J connectivity index is 1.28. The maximum Gasteiger partial charge on any atom is 0.00725 e. The summed E-state index contributed by atoms with van der Waals surface area (Å²) in [6, 6.07) is 1.74. The SMILES string of the molecule is C1CCC2CC(NC3CCC4CCCCC4C3)CCC2C1. The Morgan fingerprint density at radius 2 is 0.857 bits per heavy atom. The van der Waals surface area contributed by atoms with Crippen LogP contribution in [0.4, 0.5) is 0 Å². The highest BCUT2D eigenvalue weighted by molar-refractivity contribution is 4.91. The number of rotatable bonds is 2. The zero-order valence-electron chi connectivity index (χ0n) is 13.9. The Kier molecular flexibility index (Phi) is 4.57. The molecule has 0 aromatic carbocycles. The lowest BCUT2D eigenvalue weighted by molar-refractivity contribution is 0.108. The Bertz CT molecular complexity index is 307. The first-order valence-electron chi connectivity index (χ1n) is 10.1. The quantitative estimate of drug-likeness (QED) is 0.728. The van der Waals surface area contributed by atoms with Gasteiger partial charge in [0.1, 0.15) is 0 Å². The second-order valence-electron chi connectivity index (χ2n) is 8.80. The van der Waals surface area contributed by atoms with Crippen LogP contribution in [0.1, 0.15) is 89.9 Å². The first-order valence-corrected chi connectivity index (χ1v) is 10.1. The largest absolute Gasteiger partial charge is 0.311 e. The fraction of sp³-hybridized carbons (Fsp3) is 1.00. The highest BCUT2D eigenvalue weighted by atomic mass is 15.0. The smallest absolute Gasteiger partial charge is 0.00725 e. The van der Waals surface area contributed by atoms with E-state index in [4.69, 9.17) is 0 Å². The fourth-order valence-corrected chi connectivity index (χ4v) is 6.38. The van der Waals surface area contributed by atoms with Crippen molar-refractivity contribution in [3.8, 4) is 0 Å². The first-order chi connectivity index (χ1) is 10.4. The molecule has 6 unspecified atom stereocenters. The van der Waals surface area contributed by atoms with Gasteiger partial charge in [-0.05, 0) is 62.2 Å². The summed E-state index contributed by atoms with van der Waals surface area (Å²) < 4.78 is 0. The lowest BCUT2D eigenvalue weighted by Crippen LogP contribution is -2.46. The third-order valence-corrected chi connectivity index (χ3v) is 7.55. The standard InChI is InChI=1S/C20H35N/c1-3-7-17-13-19(11-9-15(17)5-1)21-20-12-10-16-6-2-4-8-18(16)14-20/h15-21H,1-14H2. The van der Waals surface area contributed by atoms with Crippen molar-refractivity contribution in [2.75, 3.05) is 0 Å². The summed E-state index contributed by atoms with van der Waals surface area (Å²) >= 11 is 0. The second kappa shape index (κ2) is 6.60. The lowest BCUT2D eigenvalue weighted by atomic mass is 9.68. The van der Waals surface area contributed by atoms with Gasteiger partial charge in [-0.25, -0.2) is 0 Å². The molecule has 4 saturated carbocycles. The van der Waals surface area contributed by atoms with E-state index in [1.807, 2.05) is 0 Å². The third kappa shape index (κ3) is 3.33. The molecule has 0 heterocycles. The Morgan fingerprint density at radius 3 is 1.33 bits per heavy atom. The van der Waals surface area contributed by atoms with Gasteiger partial charge in [-0.1, -0.05) is 51.4 Å². The van der Waals surface area contributed by atoms with Crippen LogP contribution in [0, 0.1) is 23.7 Å². The molecule has 0 radical (unpaired) electrons. The molecule has 4 aliphatic rings. The molecule has 0 aromatic rings. The maximum absolute atomic E-state index is 4.12. The monoisotopic (exact) mass is 289 g/mol. The van der Waals surface area contributed by atoms with E-state index in [1.165, 1.54) is 77.0 Å². The van der Waals surface area contributed by atoms with E-state index in [-0.39, 0.29) is 0 Å². The van der Waals surface area contributed by atoms with Gasteiger partial charge in [0.25, 0.3) is 0 Å². The molecule has 120 valence electrons. The van der Waals surface area contributed by atoms with Crippen LogP contribution in [-0.2, 0) is 0 Å². The fourth-order valence-electron chi connectivity index (χ4n) is 6.38. The van der Waals surface area contributed by atoms with E-state index in [2.05, 4.69) is 5.32 Å². The Hall–Kier alpha value is -0.0400.